The molecule has 2 N–H and O–H groups in total. The van der Waals surface area contributed by atoms with Gasteiger partial charge in [-0.1, -0.05) is 36.6 Å². The molecule has 8 nitrogen and oxygen atoms in total. The molecule has 166 valence electrons. The zero-order valence-electron chi connectivity index (χ0n) is 18.6. The Morgan fingerprint density at radius 2 is 1.94 bits per heavy atom. The minimum Gasteiger partial charge on any atom is -0.348 e. The van der Waals surface area contributed by atoms with Gasteiger partial charge in [0.1, 0.15) is 0 Å². The van der Waals surface area contributed by atoms with Crippen molar-refractivity contribution in [2.45, 2.75) is 77.9 Å². The van der Waals surface area contributed by atoms with E-state index in [-0.39, 0.29) is 24.0 Å². The minimum atomic E-state index is -0.142. The third-order valence-electron chi connectivity index (χ3n) is 6.22. The molecule has 1 aliphatic heterocycles. The van der Waals surface area contributed by atoms with Gasteiger partial charge >= 0.3 is 6.03 Å². The molecule has 8 heteroatoms. The summed E-state index contributed by atoms with van der Waals surface area (Å²) in [6, 6.07) is 6.34. The predicted molar refractivity (Wildman–Crippen MR) is 118 cm³/mol. The summed E-state index contributed by atoms with van der Waals surface area (Å²) in [6.45, 7) is 7.02. The van der Waals surface area contributed by atoms with E-state index in [1.165, 1.54) is 19.3 Å². The Morgan fingerprint density at radius 1 is 1.16 bits per heavy atom. The first kappa shape index (κ1) is 21.3. The van der Waals surface area contributed by atoms with Crippen LogP contribution in [0.1, 0.15) is 73.3 Å². The highest BCUT2D eigenvalue weighted by atomic mass is 16.2. The second kappa shape index (κ2) is 9.08. The molecule has 0 saturated heterocycles. The molecule has 1 aromatic carbocycles. The Balaban J connectivity index is 1.54. The van der Waals surface area contributed by atoms with Crippen molar-refractivity contribution in [3.8, 4) is 5.69 Å². The molecule has 3 amide bonds. The third-order valence-corrected chi connectivity index (χ3v) is 6.22. The summed E-state index contributed by atoms with van der Waals surface area (Å²) in [7, 11) is 0. The van der Waals surface area contributed by atoms with E-state index in [2.05, 4.69) is 27.0 Å². The van der Waals surface area contributed by atoms with Crippen molar-refractivity contribution >= 4 is 11.9 Å². The molecule has 0 bridgehead atoms. The van der Waals surface area contributed by atoms with Crippen molar-refractivity contribution in [3.05, 3.63) is 40.7 Å². The lowest BCUT2D eigenvalue weighted by atomic mass is 9.95. The van der Waals surface area contributed by atoms with E-state index >= 15 is 0 Å². The van der Waals surface area contributed by atoms with E-state index in [1.807, 2.05) is 37.8 Å². The first-order valence-corrected chi connectivity index (χ1v) is 11.3. The number of nitrogens with zero attached hydrogens (tertiary/aromatic N) is 4. The van der Waals surface area contributed by atoms with Crippen LogP contribution in [-0.2, 0) is 13.0 Å². The van der Waals surface area contributed by atoms with Gasteiger partial charge in [0.15, 0.2) is 5.69 Å². The second-order valence-electron chi connectivity index (χ2n) is 8.93. The van der Waals surface area contributed by atoms with Gasteiger partial charge in [0, 0.05) is 25.2 Å². The quantitative estimate of drug-likeness (QED) is 0.789. The zero-order chi connectivity index (χ0) is 22.0. The fourth-order valence-electron chi connectivity index (χ4n) is 4.57. The number of carbonyl (C=O) groups excluding carboxylic acids is 2. The maximum absolute atomic E-state index is 12.8. The first-order valence-electron chi connectivity index (χ1n) is 11.3. The van der Waals surface area contributed by atoms with Crippen molar-refractivity contribution in [2.75, 3.05) is 6.54 Å². The van der Waals surface area contributed by atoms with Gasteiger partial charge in [-0.3, -0.25) is 4.79 Å². The van der Waals surface area contributed by atoms with Gasteiger partial charge in [0.25, 0.3) is 5.91 Å². The summed E-state index contributed by atoms with van der Waals surface area (Å²) < 4.78 is 1.76. The Hall–Kier alpha value is -2.90. The van der Waals surface area contributed by atoms with E-state index in [0.29, 0.717) is 18.8 Å². The van der Waals surface area contributed by atoms with Crippen molar-refractivity contribution in [2.24, 2.45) is 0 Å². The van der Waals surface area contributed by atoms with E-state index < -0.39 is 0 Å². The monoisotopic (exact) mass is 424 g/mol. The molecule has 1 aromatic heterocycles. The standard InChI is InChI=1S/C23H32N6O2/c1-15(2)24-23(31)28-13-12-19-17(14-28)8-7-11-20(19)29-16(3)21(26-27-29)22(30)25-18-9-5-4-6-10-18/h7-8,11,15,18H,4-6,9-10,12-14H2,1-3H3,(H,24,31)(H,25,30). The Kier molecular flexibility index (Phi) is 6.25. The van der Waals surface area contributed by atoms with Crippen LogP contribution in [0.2, 0.25) is 0 Å². The number of amides is 3. The van der Waals surface area contributed by atoms with Gasteiger partial charge in [-0.2, -0.15) is 0 Å². The molecule has 31 heavy (non-hydrogen) atoms. The molecule has 0 radical (unpaired) electrons. The van der Waals surface area contributed by atoms with Gasteiger partial charge in [0.05, 0.1) is 11.4 Å². The summed E-state index contributed by atoms with van der Waals surface area (Å²) in [4.78, 5) is 27.0. The van der Waals surface area contributed by atoms with Gasteiger partial charge in [-0.25, -0.2) is 9.48 Å². The third kappa shape index (κ3) is 4.57. The van der Waals surface area contributed by atoms with Crippen LogP contribution < -0.4 is 10.6 Å². The van der Waals surface area contributed by atoms with Crippen molar-refractivity contribution in [1.29, 1.82) is 0 Å². The lowest BCUT2D eigenvalue weighted by Gasteiger charge is -2.30. The van der Waals surface area contributed by atoms with E-state index in [9.17, 15) is 9.59 Å². The van der Waals surface area contributed by atoms with Crippen LogP contribution in [0.25, 0.3) is 5.69 Å². The van der Waals surface area contributed by atoms with Crippen molar-refractivity contribution in [1.82, 2.24) is 30.5 Å². The van der Waals surface area contributed by atoms with Crippen LogP contribution >= 0.6 is 0 Å². The molecule has 1 saturated carbocycles. The topological polar surface area (TPSA) is 92.2 Å². The molecule has 4 rings (SSSR count). The highest BCUT2D eigenvalue weighted by Gasteiger charge is 2.26. The Morgan fingerprint density at radius 3 is 2.68 bits per heavy atom. The largest absolute Gasteiger partial charge is 0.348 e. The fraction of sp³-hybridized carbons (Fsp3) is 0.565. The maximum Gasteiger partial charge on any atom is 0.317 e. The zero-order valence-corrected chi connectivity index (χ0v) is 18.6. The molecule has 0 unspecified atom stereocenters. The van der Waals surface area contributed by atoms with Crippen LogP contribution in [0.4, 0.5) is 4.79 Å². The van der Waals surface area contributed by atoms with Crippen LogP contribution in [-0.4, -0.2) is 50.5 Å². The van der Waals surface area contributed by atoms with Gasteiger partial charge in [-0.05, 0) is 57.2 Å². The molecule has 1 aliphatic carbocycles. The number of nitrogens with one attached hydrogen (secondary N) is 2. The van der Waals surface area contributed by atoms with E-state index in [1.54, 1.807) is 4.68 Å². The number of hydrogen-bond acceptors (Lipinski definition) is 4. The fourth-order valence-corrected chi connectivity index (χ4v) is 4.57. The molecular formula is C23H32N6O2. The smallest absolute Gasteiger partial charge is 0.317 e. The Labute approximate surface area is 183 Å². The molecular weight excluding hydrogens is 392 g/mol. The minimum absolute atomic E-state index is 0.0374. The van der Waals surface area contributed by atoms with Gasteiger partial charge in [0.2, 0.25) is 0 Å². The molecule has 2 aromatic rings. The first-order chi connectivity index (χ1) is 14.9. The number of rotatable bonds is 4. The molecule has 1 fully saturated rings. The number of hydrogen-bond donors (Lipinski definition) is 2. The number of carbonyl (C=O) groups is 2. The Bertz CT molecular complexity index is 961. The van der Waals surface area contributed by atoms with Crippen LogP contribution in [0.15, 0.2) is 18.2 Å². The van der Waals surface area contributed by atoms with Gasteiger partial charge < -0.3 is 15.5 Å². The predicted octanol–water partition coefficient (Wildman–Crippen LogP) is 3.11. The summed E-state index contributed by atoms with van der Waals surface area (Å²) in [6.07, 6.45) is 6.38. The number of fused-ring (bicyclic) bond motifs is 1. The van der Waals surface area contributed by atoms with Gasteiger partial charge in [-0.15, -0.1) is 5.10 Å². The number of benzene rings is 1. The maximum atomic E-state index is 12.8. The molecule has 2 heterocycles. The summed E-state index contributed by atoms with van der Waals surface area (Å²) in [5, 5.41) is 14.6. The van der Waals surface area contributed by atoms with Crippen LogP contribution in [0.5, 0.6) is 0 Å². The summed E-state index contributed by atoms with van der Waals surface area (Å²) in [5.41, 5.74) is 4.32. The van der Waals surface area contributed by atoms with Crippen molar-refractivity contribution < 1.29 is 9.59 Å². The lowest BCUT2D eigenvalue weighted by Crippen LogP contribution is -2.45. The van der Waals surface area contributed by atoms with Crippen LogP contribution in [0, 0.1) is 6.92 Å². The average molecular weight is 425 g/mol. The van der Waals surface area contributed by atoms with Crippen molar-refractivity contribution in [3.63, 3.8) is 0 Å². The molecule has 2 aliphatic rings. The highest BCUT2D eigenvalue weighted by Crippen LogP contribution is 2.26. The molecule has 0 atom stereocenters. The number of urea groups is 1. The van der Waals surface area contributed by atoms with Crippen LogP contribution in [0.3, 0.4) is 0 Å². The summed E-state index contributed by atoms with van der Waals surface area (Å²) >= 11 is 0. The summed E-state index contributed by atoms with van der Waals surface area (Å²) in [5.74, 6) is -0.142. The average Bonchev–Trinajstić information content (AvgIpc) is 3.14. The number of aromatic nitrogens is 3. The highest BCUT2D eigenvalue weighted by molar-refractivity contribution is 5.93. The lowest BCUT2D eigenvalue weighted by molar-refractivity contribution is 0.0922. The van der Waals surface area contributed by atoms with E-state index in [4.69, 9.17) is 0 Å². The molecule has 0 spiro atoms. The SMILES string of the molecule is Cc1c(C(=O)NC2CCCCC2)nnn1-c1cccc2c1CCN(C(=O)NC(C)C)C2. The normalized spacial score (nSPS) is 16.8. The second-order valence-corrected chi connectivity index (χ2v) is 8.93. The van der Waals surface area contributed by atoms with E-state index in [0.717, 1.165) is 41.8 Å².